The van der Waals surface area contributed by atoms with Crippen molar-refractivity contribution in [3.63, 3.8) is 0 Å². The lowest BCUT2D eigenvalue weighted by molar-refractivity contribution is -0.137. The lowest BCUT2D eigenvalue weighted by atomic mass is 10.0. The molecule has 5 nitrogen and oxygen atoms in total. The van der Waals surface area contributed by atoms with Gasteiger partial charge < -0.3 is 10.4 Å². The lowest BCUT2D eigenvalue weighted by Gasteiger charge is -2.18. The van der Waals surface area contributed by atoms with Crippen LogP contribution in [0.25, 0.3) is 10.6 Å². The quantitative estimate of drug-likeness (QED) is 0.498. The number of thiazole rings is 1. The van der Waals surface area contributed by atoms with Crippen LogP contribution in [0, 0.1) is 0 Å². The van der Waals surface area contributed by atoms with E-state index in [1.165, 1.54) is 11.3 Å². The van der Waals surface area contributed by atoms with Gasteiger partial charge in [-0.2, -0.15) is 0 Å². The molecule has 9 heteroatoms. The van der Waals surface area contributed by atoms with Crippen molar-refractivity contribution in [1.29, 1.82) is 0 Å². The molecule has 0 radical (unpaired) electrons. The zero-order chi connectivity index (χ0) is 20.3. The maximum absolute atomic E-state index is 12.7. The van der Waals surface area contributed by atoms with Crippen molar-refractivity contribution in [1.82, 2.24) is 10.3 Å². The number of aliphatic carboxylic acids is 1. The smallest absolute Gasteiger partial charge is 0.305 e. The van der Waals surface area contributed by atoms with Gasteiger partial charge in [0, 0.05) is 16.0 Å². The molecule has 0 aliphatic carbocycles. The zero-order valence-electron chi connectivity index (χ0n) is 14.2. The minimum atomic E-state index is -1.08. The van der Waals surface area contributed by atoms with Crippen molar-refractivity contribution >= 4 is 58.0 Å². The molecule has 1 amide bonds. The molecular weight excluding hydrogens is 443 g/mol. The van der Waals surface area contributed by atoms with Crippen LogP contribution in [0.3, 0.4) is 0 Å². The number of nitrogens with zero attached hydrogens (tertiary/aromatic N) is 1. The summed E-state index contributed by atoms with van der Waals surface area (Å²) >= 11 is 19.5. The molecule has 3 aromatic rings. The predicted octanol–water partition coefficient (Wildman–Crippen LogP) is 5.72. The molecule has 1 aromatic heterocycles. The zero-order valence-corrected chi connectivity index (χ0v) is 17.2. The van der Waals surface area contributed by atoms with Crippen molar-refractivity contribution in [3.05, 3.63) is 74.2 Å². The summed E-state index contributed by atoms with van der Waals surface area (Å²) in [7, 11) is 0. The molecule has 0 bridgehead atoms. The fourth-order valence-corrected chi connectivity index (χ4v) is 3.99. The summed E-state index contributed by atoms with van der Waals surface area (Å²) in [5, 5.41) is 15.2. The lowest BCUT2D eigenvalue weighted by Crippen LogP contribution is -2.30. The number of rotatable bonds is 6. The number of halogens is 3. The highest BCUT2D eigenvalue weighted by atomic mass is 35.5. The van der Waals surface area contributed by atoms with Gasteiger partial charge in [0.2, 0.25) is 0 Å². The molecular formula is C19H13Cl3N2O3S. The number of carboxylic acids is 1. The second-order valence-corrected chi connectivity index (χ2v) is 7.89. The summed E-state index contributed by atoms with van der Waals surface area (Å²) < 4.78 is 0. The van der Waals surface area contributed by atoms with E-state index in [9.17, 15) is 14.7 Å². The maximum atomic E-state index is 12.7. The van der Waals surface area contributed by atoms with Crippen LogP contribution >= 0.6 is 46.1 Å². The minimum Gasteiger partial charge on any atom is -0.481 e. The Kier molecular flexibility index (Phi) is 6.57. The Morgan fingerprint density at radius 1 is 1.14 bits per heavy atom. The van der Waals surface area contributed by atoms with Crippen LogP contribution in [0.5, 0.6) is 0 Å². The third-order valence-electron chi connectivity index (χ3n) is 3.85. The van der Waals surface area contributed by atoms with E-state index in [1.807, 2.05) is 6.07 Å². The van der Waals surface area contributed by atoms with Gasteiger partial charge in [-0.25, -0.2) is 4.98 Å². The molecule has 0 spiro atoms. The molecule has 2 aromatic carbocycles. The van der Waals surface area contributed by atoms with Crippen molar-refractivity contribution in [2.24, 2.45) is 0 Å². The molecule has 0 saturated heterocycles. The summed E-state index contributed by atoms with van der Waals surface area (Å²) in [6.07, 6.45) is -0.350. The fourth-order valence-electron chi connectivity index (χ4n) is 2.57. The van der Waals surface area contributed by atoms with Gasteiger partial charge in [-0.15, -0.1) is 11.3 Å². The molecule has 2 N–H and O–H groups in total. The topological polar surface area (TPSA) is 79.3 Å². The number of hydrogen-bond donors (Lipinski definition) is 2. The molecule has 0 aliphatic rings. The Morgan fingerprint density at radius 3 is 2.61 bits per heavy atom. The first-order valence-corrected chi connectivity index (χ1v) is 10.0. The van der Waals surface area contributed by atoms with E-state index >= 15 is 0 Å². The van der Waals surface area contributed by atoms with Crippen LogP contribution in [0.4, 0.5) is 0 Å². The second kappa shape index (κ2) is 8.92. The molecule has 3 rings (SSSR count). The molecule has 0 fully saturated rings. The Hall–Kier alpha value is -2.12. The average molecular weight is 456 g/mol. The van der Waals surface area contributed by atoms with Gasteiger partial charge in [0.1, 0.15) is 10.7 Å². The number of carbonyl (C=O) groups is 2. The molecule has 28 heavy (non-hydrogen) atoms. The van der Waals surface area contributed by atoms with Gasteiger partial charge in [-0.3, -0.25) is 9.59 Å². The average Bonchev–Trinajstić information content (AvgIpc) is 3.13. The van der Waals surface area contributed by atoms with E-state index < -0.39 is 17.9 Å². The number of nitrogens with one attached hydrogen (secondary N) is 1. The first kappa shape index (κ1) is 20.6. The summed E-state index contributed by atoms with van der Waals surface area (Å²) in [4.78, 5) is 28.2. The van der Waals surface area contributed by atoms with Crippen LogP contribution in [-0.2, 0) is 4.79 Å². The van der Waals surface area contributed by atoms with E-state index in [1.54, 1.807) is 41.8 Å². The SMILES string of the molecule is O=C(O)CC(NC(=O)c1csc(-c2cccc(Cl)c2)n1)c1cccc(Cl)c1Cl. The molecule has 1 heterocycles. The number of carboxylic acid groups (broad SMARTS) is 1. The van der Waals surface area contributed by atoms with Crippen molar-refractivity contribution < 1.29 is 14.7 Å². The third-order valence-corrected chi connectivity index (χ3v) is 5.81. The van der Waals surface area contributed by atoms with Crippen LogP contribution in [-0.4, -0.2) is 22.0 Å². The van der Waals surface area contributed by atoms with Gasteiger partial charge in [0.25, 0.3) is 5.91 Å². The predicted molar refractivity (Wildman–Crippen MR) is 111 cm³/mol. The van der Waals surface area contributed by atoms with Gasteiger partial charge in [0.15, 0.2) is 0 Å². The van der Waals surface area contributed by atoms with Crippen molar-refractivity contribution in [3.8, 4) is 10.6 Å². The summed E-state index contributed by atoms with van der Waals surface area (Å²) in [6.45, 7) is 0. The Morgan fingerprint density at radius 2 is 1.89 bits per heavy atom. The van der Waals surface area contributed by atoms with Crippen LogP contribution in [0.2, 0.25) is 15.1 Å². The fraction of sp³-hybridized carbons (Fsp3) is 0.105. The summed E-state index contributed by atoms with van der Waals surface area (Å²) in [5.74, 6) is -1.59. The Bertz CT molecular complexity index is 1040. The standard InChI is InChI=1S/C19H13Cl3N2O3S/c20-11-4-1-3-10(7-11)19-24-15(9-28-19)18(27)23-14(8-16(25)26)12-5-2-6-13(21)17(12)22/h1-7,9,14H,8H2,(H,23,27)(H,25,26). The highest BCUT2D eigenvalue weighted by Gasteiger charge is 2.23. The van der Waals surface area contributed by atoms with Gasteiger partial charge in [-0.05, 0) is 23.8 Å². The summed E-state index contributed by atoms with van der Waals surface area (Å²) in [6, 6.07) is 11.1. The van der Waals surface area contributed by atoms with E-state index in [2.05, 4.69) is 10.3 Å². The third kappa shape index (κ3) is 4.83. The molecule has 0 saturated carbocycles. The molecule has 1 unspecified atom stereocenters. The first-order chi connectivity index (χ1) is 13.3. The number of carbonyl (C=O) groups excluding carboxylic acids is 1. The molecule has 144 valence electrons. The van der Waals surface area contributed by atoms with Crippen molar-refractivity contribution in [2.45, 2.75) is 12.5 Å². The second-order valence-electron chi connectivity index (χ2n) is 5.82. The van der Waals surface area contributed by atoms with Crippen LogP contribution in [0.1, 0.15) is 28.5 Å². The highest BCUT2D eigenvalue weighted by molar-refractivity contribution is 7.13. The molecule has 1 atom stereocenters. The maximum Gasteiger partial charge on any atom is 0.305 e. The van der Waals surface area contributed by atoms with E-state index in [0.29, 0.717) is 15.6 Å². The molecule has 0 aliphatic heterocycles. The minimum absolute atomic E-state index is 0.175. The number of benzene rings is 2. The first-order valence-electron chi connectivity index (χ1n) is 8.03. The number of aromatic nitrogens is 1. The van der Waals surface area contributed by atoms with E-state index in [-0.39, 0.29) is 22.2 Å². The van der Waals surface area contributed by atoms with Gasteiger partial charge >= 0.3 is 5.97 Å². The highest BCUT2D eigenvalue weighted by Crippen LogP contribution is 2.32. The normalized spacial score (nSPS) is 11.8. The summed E-state index contributed by atoms with van der Waals surface area (Å²) in [5.41, 5.74) is 1.39. The van der Waals surface area contributed by atoms with E-state index in [4.69, 9.17) is 34.8 Å². The number of amides is 1. The van der Waals surface area contributed by atoms with Gasteiger partial charge in [0.05, 0.1) is 22.5 Å². The Labute approximate surface area is 179 Å². The monoisotopic (exact) mass is 454 g/mol. The van der Waals surface area contributed by atoms with Crippen molar-refractivity contribution in [2.75, 3.05) is 0 Å². The largest absolute Gasteiger partial charge is 0.481 e. The van der Waals surface area contributed by atoms with Crippen LogP contribution in [0.15, 0.2) is 47.8 Å². The van der Waals surface area contributed by atoms with E-state index in [0.717, 1.165) is 5.56 Å². The van der Waals surface area contributed by atoms with Crippen LogP contribution < -0.4 is 5.32 Å². The Balaban J connectivity index is 1.84. The van der Waals surface area contributed by atoms with Gasteiger partial charge in [-0.1, -0.05) is 59.1 Å². The number of hydrogen-bond acceptors (Lipinski definition) is 4.